The first kappa shape index (κ1) is 24.3. The molecule has 3 aromatic rings. The van der Waals surface area contributed by atoms with Crippen molar-refractivity contribution in [3.05, 3.63) is 89.5 Å². The maximum atomic E-state index is 12.7. The number of benzene rings is 3. The van der Waals surface area contributed by atoms with Gasteiger partial charge in [0.15, 0.2) is 6.61 Å². The van der Waals surface area contributed by atoms with Gasteiger partial charge in [0, 0.05) is 6.04 Å². The molecule has 0 fully saturated rings. The van der Waals surface area contributed by atoms with E-state index in [9.17, 15) is 13.2 Å². The number of sulfonamides is 1. The Morgan fingerprint density at radius 2 is 1.67 bits per heavy atom. The summed E-state index contributed by atoms with van der Waals surface area (Å²) in [5.41, 5.74) is 3.59. The summed E-state index contributed by atoms with van der Waals surface area (Å²) in [7, 11) is -3.73. The zero-order chi connectivity index (χ0) is 23.8. The smallest absolute Gasteiger partial charge is 0.261 e. The predicted molar refractivity (Wildman–Crippen MR) is 131 cm³/mol. The Balaban J connectivity index is 1.49. The Morgan fingerprint density at radius 3 is 2.36 bits per heavy atom. The zero-order valence-electron chi connectivity index (χ0n) is 19.2. The predicted octanol–water partition coefficient (Wildman–Crippen LogP) is 4.62. The first-order chi connectivity index (χ1) is 15.7. The van der Waals surface area contributed by atoms with Crippen molar-refractivity contribution in [1.29, 1.82) is 0 Å². The third-order valence-corrected chi connectivity index (χ3v) is 6.64. The Bertz CT molecular complexity index is 1180. The highest BCUT2D eigenvalue weighted by atomic mass is 32.2. The average molecular weight is 467 g/mol. The molecule has 0 aromatic heterocycles. The van der Waals surface area contributed by atoms with Crippen LogP contribution in [0.4, 0.5) is 5.69 Å². The minimum absolute atomic E-state index is 0.0185. The van der Waals surface area contributed by atoms with Crippen molar-refractivity contribution in [2.24, 2.45) is 0 Å². The largest absolute Gasteiger partial charge is 0.484 e. The van der Waals surface area contributed by atoms with E-state index in [1.54, 1.807) is 18.2 Å². The Hall–Kier alpha value is -3.32. The molecule has 0 saturated heterocycles. The number of amides is 1. The molecular formula is C26H30N2O4S. The van der Waals surface area contributed by atoms with Gasteiger partial charge in [-0.05, 0) is 80.6 Å². The summed E-state index contributed by atoms with van der Waals surface area (Å²) in [6.45, 7) is 5.58. The van der Waals surface area contributed by atoms with Crippen LogP contribution in [-0.2, 0) is 21.2 Å². The molecule has 7 heteroatoms. The molecule has 0 aliphatic carbocycles. The highest BCUT2D eigenvalue weighted by Crippen LogP contribution is 2.22. The van der Waals surface area contributed by atoms with Crippen LogP contribution in [0.25, 0.3) is 0 Å². The van der Waals surface area contributed by atoms with Crippen molar-refractivity contribution < 1.29 is 17.9 Å². The summed E-state index contributed by atoms with van der Waals surface area (Å²) in [5, 5.41) is 2.92. The van der Waals surface area contributed by atoms with Crippen molar-refractivity contribution in [3.63, 3.8) is 0 Å². The van der Waals surface area contributed by atoms with Crippen LogP contribution in [-0.4, -0.2) is 27.0 Å². The summed E-state index contributed by atoms with van der Waals surface area (Å²) >= 11 is 0. The molecule has 2 N–H and O–H groups in total. The maximum Gasteiger partial charge on any atom is 0.261 e. The third-order valence-electron chi connectivity index (χ3n) is 5.26. The van der Waals surface area contributed by atoms with Crippen molar-refractivity contribution in [2.75, 3.05) is 11.3 Å². The van der Waals surface area contributed by atoms with E-state index in [2.05, 4.69) is 22.2 Å². The lowest BCUT2D eigenvalue weighted by Gasteiger charge is -2.15. The van der Waals surface area contributed by atoms with Crippen molar-refractivity contribution in [1.82, 2.24) is 5.32 Å². The van der Waals surface area contributed by atoms with Crippen LogP contribution >= 0.6 is 0 Å². The number of nitrogens with one attached hydrogen (secondary N) is 2. The highest BCUT2D eigenvalue weighted by Gasteiger charge is 2.16. The van der Waals surface area contributed by atoms with Gasteiger partial charge in [-0.15, -0.1) is 0 Å². The lowest BCUT2D eigenvalue weighted by molar-refractivity contribution is -0.123. The van der Waals surface area contributed by atoms with Gasteiger partial charge in [-0.2, -0.15) is 0 Å². The number of carbonyl (C=O) groups excluding carboxylic acids is 1. The van der Waals surface area contributed by atoms with Gasteiger partial charge in [0.25, 0.3) is 15.9 Å². The molecule has 33 heavy (non-hydrogen) atoms. The summed E-state index contributed by atoms with van der Waals surface area (Å²) in [5.74, 6) is 0.205. The maximum absolute atomic E-state index is 12.7. The van der Waals surface area contributed by atoms with E-state index in [1.807, 2.05) is 51.1 Å². The van der Waals surface area contributed by atoms with Gasteiger partial charge in [-0.25, -0.2) is 8.42 Å². The molecule has 0 unspecified atom stereocenters. The first-order valence-corrected chi connectivity index (χ1v) is 12.4. The number of aryl methyl sites for hydroxylation is 3. The molecule has 1 atom stereocenters. The minimum atomic E-state index is -3.73. The standard InChI is InChI=1S/C26H30N2O4S/c1-19-9-10-20(2)25(17-19)28-33(30,31)24-15-13-23(14-16-24)32-18-26(29)27-21(3)11-12-22-7-5-4-6-8-22/h4-10,13-17,21,28H,11-12,18H2,1-3H3,(H,27,29)/t21-/m1/s1. The van der Waals surface area contributed by atoms with Crippen LogP contribution in [0.5, 0.6) is 5.75 Å². The molecule has 174 valence electrons. The molecule has 0 saturated carbocycles. The molecular weight excluding hydrogens is 436 g/mol. The van der Waals surface area contributed by atoms with Crippen LogP contribution in [0.1, 0.15) is 30.0 Å². The second-order valence-corrected chi connectivity index (χ2v) is 9.86. The number of ether oxygens (including phenoxy) is 1. The molecule has 0 radical (unpaired) electrons. The second kappa shape index (κ2) is 11.0. The van der Waals surface area contributed by atoms with E-state index < -0.39 is 10.0 Å². The van der Waals surface area contributed by atoms with E-state index >= 15 is 0 Å². The van der Waals surface area contributed by atoms with Crippen LogP contribution in [0.2, 0.25) is 0 Å². The van der Waals surface area contributed by atoms with Gasteiger partial charge in [-0.3, -0.25) is 9.52 Å². The number of hydrogen-bond donors (Lipinski definition) is 2. The molecule has 0 aliphatic rings. The van der Waals surface area contributed by atoms with Gasteiger partial charge in [0.2, 0.25) is 0 Å². The van der Waals surface area contributed by atoms with Gasteiger partial charge >= 0.3 is 0 Å². The van der Waals surface area contributed by atoms with E-state index in [4.69, 9.17) is 4.74 Å². The summed E-state index contributed by atoms with van der Waals surface area (Å²) in [6, 6.07) is 21.8. The normalized spacial score (nSPS) is 12.1. The lowest BCUT2D eigenvalue weighted by atomic mass is 10.1. The lowest BCUT2D eigenvalue weighted by Crippen LogP contribution is -2.36. The van der Waals surface area contributed by atoms with Crippen LogP contribution in [0.3, 0.4) is 0 Å². The number of carbonyl (C=O) groups is 1. The number of hydrogen-bond acceptors (Lipinski definition) is 4. The Labute approximate surface area is 196 Å². The fourth-order valence-electron chi connectivity index (χ4n) is 3.33. The minimum Gasteiger partial charge on any atom is -0.484 e. The summed E-state index contributed by atoms with van der Waals surface area (Å²) in [4.78, 5) is 12.3. The van der Waals surface area contributed by atoms with E-state index in [0.717, 1.165) is 24.0 Å². The molecule has 0 bridgehead atoms. The van der Waals surface area contributed by atoms with Crippen LogP contribution in [0.15, 0.2) is 77.7 Å². The quantitative estimate of drug-likeness (QED) is 0.457. The highest BCUT2D eigenvalue weighted by molar-refractivity contribution is 7.92. The summed E-state index contributed by atoms with van der Waals surface area (Å²) < 4.78 is 33.6. The van der Waals surface area contributed by atoms with Gasteiger partial charge in [-0.1, -0.05) is 42.5 Å². The first-order valence-electron chi connectivity index (χ1n) is 10.9. The van der Waals surface area contributed by atoms with E-state index in [-0.39, 0.29) is 23.5 Å². The molecule has 6 nitrogen and oxygen atoms in total. The molecule has 0 heterocycles. The fourth-order valence-corrected chi connectivity index (χ4v) is 4.45. The van der Waals surface area contributed by atoms with E-state index in [0.29, 0.717) is 11.4 Å². The van der Waals surface area contributed by atoms with Crippen LogP contribution < -0.4 is 14.8 Å². The topological polar surface area (TPSA) is 84.5 Å². The Kier molecular flexibility index (Phi) is 8.11. The fraction of sp³-hybridized carbons (Fsp3) is 0.269. The number of anilines is 1. The zero-order valence-corrected chi connectivity index (χ0v) is 20.0. The molecule has 1 amide bonds. The average Bonchev–Trinajstić information content (AvgIpc) is 2.79. The molecule has 3 aromatic carbocycles. The third kappa shape index (κ3) is 7.36. The number of rotatable bonds is 10. The van der Waals surface area contributed by atoms with Gasteiger partial charge in [0.05, 0.1) is 10.6 Å². The molecule has 0 aliphatic heterocycles. The van der Waals surface area contributed by atoms with Crippen LogP contribution in [0, 0.1) is 13.8 Å². The molecule has 3 rings (SSSR count). The van der Waals surface area contributed by atoms with Gasteiger partial charge < -0.3 is 10.1 Å². The molecule has 0 spiro atoms. The monoisotopic (exact) mass is 466 g/mol. The SMILES string of the molecule is Cc1ccc(C)c(NS(=O)(=O)c2ccc(OCC(=O)N[C@H](C)CCc3ccccc3)cc2)c1. The Morgan fingerprint density at radius 1 is 0.970 bits per heavy atom. The van der Waals surface area contributed by atoms with E-state index in [1.165, 1.54) is 17.7 Å². The van der Waals surface area contributed by atoms with Crippen molar-refractivity contribution in [2.45, 2.75) is 44.6 Å². The van der Waals surface area contributed by atoms with Crippen molar-refractivity contribution in [3.8, 4) is 5.75 Å². The summed E-state index contributed by atoms with van der Waals surface area (Å²) in [6.07, 6.45) is 1.71. The van der Waals surface area contributed by atoms with Gasteiger partial charge in [0.1, 0.15) is 5.75 Å². The second-order valence-electron chi connectivity index (χ2n) is 8.18. The van der Waals surface area contributed by atoms with Crippen molar-refractivity contribution >= 4 is 21.6 Å².